The minimum absolute atomic E-state index is 0.253. The Labute approximate surface area is 104 Å². The summed E-state index contributed by atoms with van der Waals surface area (Å²) in [6.07, 6.45) is 0.911. The van der Waals surface area contributed by atoms with Crippen molar-refractivity contribution in [2.75, 3.05) is 11.9 Å². The number of halogens is 3. The van der Waals surface area contributed by atoms with Crippen LogP contribution in [-0.4, -0.2) is 11.5 Å². The van der Waals surface area contributed by atoms with Gasteiger partial charge >= 0.3 is 6.18 Å². The summed E-state index contributed by atoms with van der Waals surface area (Å²) in [4.78, 5) is 3.55. The second-order valence-corrected chi connectivity index (χ2v) is 3.69. The number of allylic oxidation sites excluding steroid dienone is 2. The molecular formula is C13H15F3N2. The lowest BCUT2D eigenvalue weighted by atomic mass is 10.2. The summed E-state index contributed by atoms with van der Waals surface area (Å²) in [7, 11) is 0. The molecule has 0 spiro atoms. The number of hydrogen-bond donors (Lipinski definition) is 1. The molecule has 1 rings (SSSR count). The van der Waals surface area contributed by atoms with Crippen molar-refractivity contribution in [1.82, 2.24) is 4.98 Å². The van der Waals surface area contributed by atoms with Crippen LogP contribution in [0.25, 0.3) is 6.08 Å². The summed E-state index contributed by atoms with van der Waals surface area (Å²) in [5.74, 6) is 0. The highest BCUT2D eigenvalue weighted by atomic mass is 19.4. The molecule has 0 saturated heterocycles. The Morgan fingerprint density at radius 3 is 2.67 bits per heavy atom. The summed E-state index contributed by atoms with van der Waals surface area (Å²) in [6, 6.07) is 2.59. The maximum absolute atomic E-state index is 12.7. The van der Waals surface area contributed by atoms with Crippen molar-refractivity contribution in [1.29, 1.82) is 0 Å². The molecule has 0 bridgehead atoms. The molecule has 1 aromatic rings. The van der Waals surface area contributed by atoms with E-state index in [1.165, 1.54) is 12.2 Å². The van der Waals surface area contributed by atoms with Crippen LogP contribution in [0, 0.1) is 0 Å². The first-order chi connectivity index (χ1) is 8.47. The van der Waals surface area contributed by atoms with Crippen molar-refractivity contribution in [3.63, 3.8) is 0 Å². The van der Waals surface area contributed by atoms with Crippen LogP contribution in [0.3, 0.4) is 0 Å². The van der Waals surface area contributed by atoms with Crippen molar-refractivity contribution >= 4 is 11.8 Å². The monoisotopic (exact) mass is 256 g/mol. The Bertz CT molecular complexity index is 436. The fraction of sp³-hybridized carbons (Fsp3) is 0.308. The van der Waals surface area contributed by atoms with Crippen LogP contribution < -0.4 is 5.32 Å². The molecule has 5 heteroatoms. The van der Waals surface area contributed by atoms with Gasteiger partial charge in [0.2, 0.25) is 0 Å². The molecule has 98 valence electrons. The summed E-state index contributed by atoms with van der Waals surface area (Å²) in [5, 5.41) is 2.92. The first-order valence-corrected chi connectivity index (χ1v) is 5.59. The molecule has 0 saturated carbocycles. The SMILES string of the molecule is C=C/C=C/c1cc(NCCC)cc(C(F)(F)F)n1. The van der Waals surface area contributed by atoms with E-state index in [1.807, 2.05) is 6.92 Å². The van der Waals surface area contributed by atoms with Gasteiger partial charge in [0.1, 0.15) is 5.69 Å². The van der Waals surface area contributed by atoms with E-state index in [2.05, 4.69) is 16.9 Å². The predicted octanol–water partition coefficient (Wildman–Crippen LogP) is 4.12. The molecule has 18 heavy (non-hydrogen) atoms. The Morgan fingerprint density at radius 1 is 1.39 bits per heavy atom. The zero-order valence-electron chi connectivity index (χ0n) is 10.1. The first kappa shape index (κ1) is 14.3. The number of aromatic nitrogens is 1. The highest BCUT2D eigenvalue weighted by Crippen LogP contribution is 2.30. The lowest BCUT2D eigenvalue weighted by Crippen LogP contribution is -2.10. The maximum atomic E-state index is 12.7. The molecule has 0 fully saturated rings. The van der Waals surface area contributed by atoms with Crippen LogP contribution in [0.2, 0.25) is 0 Å². The topological polar surface area (TPSA) is 24.9 Å². The summed E-state index contributed by atoms with van der Waals surface area (Å²) in [5.41, 5.74) is -0.224. The van der Waals surface area contributed by atoms with Crippen LogP contribution in [-0.2, 0) is 6.18 Å². The molecule has 0 aliphatic heterocycles. The van der Waals surface area contributed by atoms with E-state index in [0.717, 1.165) is 12.5 Å². The van der Waals surface area contributed by atoms with E-state index < -0.39 is 11.9 Å². The Balaban J connectivity index is 3.11. The van der Waals surface area contributed by atoms with Gasteiger partial charge < -0.3 is 5.32 Å². The van der Waals surface area contributed by atoms with Crippen molar-refractivity contribution < 1.29 is 13.2 Å². The third-order valence-electron chi connectivity index (χ3n) is 2.12. The van der Waals surface area contributed by atoms with Gasteiger partial charge in [0.05, 0.1) is 5.69 Å². The molecule has 0 amide bonds. The minimum Gasteiger partial charge on any atom is -0.385 e. The number of hydrogen-bond acceptors (Lipinski definition) is 2. The Kier molecular flexibility index (Phi) is 4.95. The Hall–Kier alpha value is -1.78. The molecule has 0 aromatic carbocycles. The molecule has 0 unspecified atom stereocenters. The lowest BCUT2D eigenvalue weighted by molar-refractivity contribution is -0.141. The van der Waals surface area contributed by atoms with E-state index >= 15 is 0 Å². The van der Waals surface area contributed by atoms with Crippen molar-refractivity contribution in [2.45, 2.75) is 19.5 Å². The predicted molar refractivity (Wildman–Crippen MR) is 67.3 cm³/mol. The van der Waals surface area contributed by atoms with Gasteiger partial charge in [-0.15, -0.1) is 0 Å². The molecule has 1 heterocycles. The summed E-state index contributed by atoms with van der Waals surface area (Å²) < 4.78 is 38.0. The van der Waals surface area contributed by atoms with Crippen molar-refractivity contribution in [3.05, 3.63) is 42.3 Å². The van der Waals surface area contributed by atoms with Gasteiger partial charge in [-0.05, 0) is 24.6 Å². The number of alkyl halides is 3. The molecule has 1 N–H and O–H groups in total. The van der Waals surface area contributed by atoms with Crippen LogP contribution >= 0.6 is 0 Å². The standard InChI is InChI=1S/C13H15F3N2/c1-3-5-6-10-8-11(17-7-4-2)9-12(18-10)13(14,15)16/h3,5-6,8-9H,1,4,7H2,2H3,(H,17,18)/b6-5+. The average molecular weight is 256 g/mol. The molecule has 0 atom stereocenters. The lowest BCUT2D eigenvalue weighted by Gasteiger charge is -2.11. The number of rotatable bonds is 5. The van der Waals surface area contributed by atoms with Gasteiger partial charge in [0, 0.05) is 12.2 Å². The third kappa shape index (κ3) is 4.24. The Morgan fingerprint density at radius 2 is 2.11 bits per heavy atom. The van der Waals surface area contributed by atoms with Crippen LogP contribution in [0.5, 0.6) is 0 Å². The van der Waals surface area contributed by atoms with Gasteiger partial charge in [0.25, 0.3) is 0 Å². The van der Waals surface area contributed by atoms with Crippen LogP contribution in [0.4, 0.5) is 18.9 Å². The van der Waals surface area contributed by atoms with Crippen molar-refractivity contribution in [3.8, 4) is 0 Å². The number of nitrogens with one attached hydrogen (secondary N) is 1. The third-order valence-corrected chi connectivity index (χ3v) is 2.12. The normalized spacial score (nSPS) is 11.8. The smallest absolute Gasteiger partial charge is 0.385 e. The zero-order chi connectivity index (χ0) is 13.6. The second-order valence-electron chi connectivity index (χ2n) is 3.69. The van der Waals surface area contributed by atoms with E-state index in [4.69, 9.17) is 0 Å². The fourth-order valence-electron chi connectivity index (χ4n) is 1.32. The zero-order valence-corrected chi connectivity index (χ0v) is 10.1. The largest absolute Gasteiger partial charge is 0.433 e. The van der Waals surface area contributed by atoms with E-state index in [-0.39, 0.29) is 5.69 Å². The minimum atomic E-state index is -4.44. The quantitative estimate of drug-likeness (QED) is 0.801. The van der Waals surface area contributed by atoms with Gasteiger partial charge in [-0.25, -0.2) is 4.98 Å². The molecule has 0 radical (unpaired) electrons. The first-order valence-electron chi connectivity index (χ1n) is 5.59. The van der Waals surface area contributed by atoms with Crippen LogP contribution in [0.15, 0.2) is 30.9 Å². The molecule has 1 aromatic heterocycles. The summed E-state index contributed by atoms with van der Waals surface area (Å²) >= 11 is 0. The van der Waals surface area contributed by atoms with Gasteiger partial charge in [-0.1, -0.05) is 25.7 Å². The van der Waals surface area contributed by atoms with Crippen molar-refractivity contribution in [2.24, 2.45) is 0 Å². The van der Waals surface area contributed by atoms with E-state index in [0.29, 0.717) is 12.2 Å². The molecule has 0 aliphatic rings. The number of nitrogens with zero attached hydrogens (tertiary/aromatic N) is 1. The highest BCUT2D eigenvalue weighted by molar-refractivity contribution is 5.56. The fourth-order valence-corrected chi connectivity index (χ4v) is 1.32. The molecular weight excluding hydrogens is 241 g/mol. The van der Waals surface area contributed by atoms with E-state index in [9.17, 15) is 13.2 Å². The number of anilines is 1. The molecule has 2 nitrogen and oxygen atoms in total. The maximum Gasteiger partial charge on any atom is 0.433 e. The molecule has 0 aliphatic carbocycles. The van der Waals surface area contributed by atoms with Gasteiger partial charge in [0.15, 0.2) is 0 Å². The average Bonchev–Trinajstić information content (AvgIpc) is 2.32. The number of pyridine rings is 1. The highest BCUT2D eigenvalue weighted by Gasteiger charge is 2.33. The van der Waals surface area contributed by atoms with E-state index in [1.54, 1.807) is 12.1 Å². The van der Waals surface area contributed by atoms with Gasteiger partial charge in [-0.3, -0.25) is 0 Å². The second kappa shape index (κ2) is 6.23. The van der Waals surface area contributed by atoms with Gasteiger partial charge in [-0.2, -0.15) is 13.2 Å². The summed E-state index contributed by atoms with van der Waals surface area (Å²) in [6.45, 7) is 6.03. The van der Waals surface area contributed by atoms with Crippen LogP contribution in [0.1, 0.15) is 24.7 Å².